The number of hydrogen-bond acceptors (Lipinski definition) is 5. The van der Waals surface area contributed by atoms with Crippen LogP contribution in [0.25, 0.3) is 0 Å². The van der Waals surface area contributed by atoms with Gasteiger partial charge in [0.05, 0.1) is 4.90 Å². The van der Waals surface area contributed by atoms with Gasteiger partial charge in [-0.3, -0.25) is 0 Å². The van der Waals surface area contributed by atoms with Crippen LogP contribution >= 0.6 is 0 Å². The summed E-state index contributed by atoms with van der Waals surface area (Å²) >= 11 is 0. The Morgan fingerprint density at radius 3 is 2.48 bits per heavy atom. The predicted molar refractivity (Wildman–Crippen MR) is 132 cm³/mol. The first-order chi connectivity index (χ1) is 15.6. The summed E-state index contributed by atoms with van der Waals surface area (Å²) in [6.45, 7) is 6.44. The van der Waals surface area contributed by atoms with Gasteiger partial charge in [-0.05, 0) is 69.4 Å². The van der Waals surface area contributed by atoms with Gasteiger partial charge in [-0.25, -0.2) is 8.42 Å². The van der Waals surface area contributed by atoms with Crippen LogP contribution in [0.3, 0.4) is 0 Å². The molecule has 2 N–H and O–H groups in total. The molecule has 0 bridgehead atoms. The SMILES string of the molecule is CC=C(C)CCCCC(CC)C1Cc2c(O)cc(O)cc2C1Oc1ccc(S(C)(=O)=O)cc1. The average molecular weight is 473 g/mol. The molecule has 0 aromatic heterocycles. The van der Waals surface area contributed by atoms with E-state index < -0.39 is 9.84 Å². The van der Waals surface area contributed by atoms with Crippen LogP contribution in [-0.2, 0) is 16.3 Å². The first-order valence-corrected chi connectivity index (χ1v) is 13.7. The Morgan fingerprint density at radius 1 is 1.18 bits per heavy atom. The minimum absolute atomic E-state index is 0.0165. The molecule has 0 saturated heterocycles. The molecule has 0 heterocycles. The molecule has 2 aromatic carbocycles. The van der Waals surface area contributed by atoms with Crippen molar-refractivity contribution in [3.63, 3.8) is 0 Å². The maximum Gasteiger partial charge on any atom is 0.175 e. The number of fused-ring (bicyclic) bond motifs is 1. The van der Waals surface area contributed by atoms with Gasteiger partial charge < -0.3 is 14.9 Å². The van der Waals surface area contributed by atoms with E-state index in [1.807, 2.05) is 0 Å². The fraction of sp³-hybridized carbons (Fsp3) is 0.481. The predicted octanol–water partition coefficient (Wildman–Crippen LogP) is 6.35. The summed E-state index contributed by atoms with van der Waals surface area (Å²) in [5.41, 5.74) is 3.06. The zero-order valence-corrected chi connectivity index (χ0v) is 20.9. The van der Waals surface area contributed by atoms with Gasteiger partial charge in [0.1, 0.15) is 23.4 Å². The van der Waals surface area contributed by atoms with Crippen LogP contribution in [0.4, 0.5) is 0 Å². The number of allylic oxidation sites excluding steroid dienone is 2. The Kier molecular flexibility index (Phi) is 8.11. The molecule has 3 rings (SSSR count). The first-order valence-electron chi connectivity index (χ1n) is 11.8. The number of rotatable bonds is 10. The van der Waals surface area contributed by atoms with Gasteiger partial charge in [0.2, 0.25) is 0 Å². The van der Waals surface area contributed by atoms with Crippen LogP contribution in [0.1, 0.15) is 70.1 Å². The fourth-order valence-corrected chi connectivity index (χ4v) is 5.50. The minimum Gasteiger partial charge on any atom is -0.508 e. The Hall–Kier alpha value is -2.47. The Bertz CT molecular complexity index is 1090. The summed E-state index contributed by atoms with van der Waals surface area (Å²) in [7, 11) is -3.28. The van der Waals surface area contributed by atoms with Crippen molar-refractivity contribution in [2.45, 2.75) is 70.3 Å². The van der Waals surface area contributed by atoms with E-state index in [0.29, 0.717) is 18.1 Å². The highest BCUT2D eigenvalue weighted by atomic mass is 32.2. The summed E-state index contributed by atoms with van der Waals surface area (Å²) < 4.78 is 30.0. The Morgan fingerprint density at radius 2 is 1.88 bits per heavy atom. The maximum atomic E-state index is 11.8. The number of sulfone groups is 1. The van der Waals surface area contributed by atoms with E-state index >= 15 is 0 Å². The number of benzene rings is 2. The topological polar surface area (TPSA) is 83.8 Å². The van der Waals surface area contributed by atoms with Gasteiger partial charge in [0.25, 0.3) is 0 Å². The molecule has 0 spiro atoms. The number of phenols is 2. The Labute approximate surface area is 198 Å². The van der Waals surface area contributed by atoms with Crippen molar-refractivity contribution in [2.24, 2.45) is 11.8 Å². The number of aromatic hydroxyl groups is 2. The molecule has 0 radical (unpaired) electrons. The van der Waals surface area contributed by atoms with Gasteiger partial charge in [-0.2, -0.15) is 0 Å². The van der Waals surface area contributed by atoms with E-state index in [1.54, 1.807) is 30.3 Å². The van der Waals surface area contributed by atoms with Crippen LogP contribution in [-0.4, -0.2) is 24.9 Å². The standard InChI is InChI=1S/C27H36O5S/c1-5-18(3)9-7-8-10-19(6-2)23-17-24-25(15-20(28)16-26(24)29)27(23)32-21-11-13-22(14-12-21)33(4,30)31/h5,11-16,19,23,27-29H,6-10,17H2,1-4H3. The molecule has 3 atom stereocenters. The molecule has 180 valence electrons. The Balaban J connectivity index is 1.84. The van der Waals surface area contributed by atoms with Crippen molar-refractivity contribution in [3.8, 4) is 17.2 Å². The quantitative estimate of drug-likeness (QED) is 0.311. The number of unbranched alkanes of at least 4 members (excludes halogenated alkanes) is 1. The average Bonchev–Trinajstić information content (AvgIpc) is 3.11. The number of hydrogen-bond donors (Lipinski definition) is 2. The van der Waals surface area contributed by atoms with E-state index in [-0.39, 0.29) is 28.4 Å². The van der Waals surface area contributed by atoms with Gasteiger partial charge in [0.15, 0.2) is 9.84 Å². The number of ether oxygens (including phenoxy) is 1. The van der Waals surface area contributed by atoms with Crippen LogP contribution in [0, 0.1) is 11.8 Å². The molecule has 0 aliphatic heterocycles. The van der Waals surface area contributed by atoms with Gasteiger partial charge >= 0.3 is 0 Å². The molecule has 6 heteroatoms. The summed E-state index contributed by atoms with van der Waals surface area (Å²) in [6.07, 6.45) is 9.19. The van der Waals surface area contributed by atoms with E-state index in [0.717, 1.165) is 43.2 Å². The summed E-state index contributed by atoms with van der Waals surface area (Å²) in [6, 6.07) is 9.53. The molecule has 33 heavy (non-hydrogen) atoms. The summed E-state index contributed by atoms with van der Waals surface area (Å²) in [4.78, 5) is 0.247. The van der Waals surface area contributed by atoms with E-state index in [9.17, 15) is 18.6 Å². The lowest BCUT2D eigenvalue weighted by Gasteiger charge is -2.29. The van der Waals surface area contributed by atoms with Crippen LogP contribution < -0.4 is 4.74 Å². The van der Waals surface area contributed by atoms with Crippen molar-refractivity contribution in [1.29, 1.82) is 0 Å². The van der Waals surface area contributed by atoms with Crippen molar-refractivity contribution in [1.82, 2.24) is 0 Å². The molecule has 5 nitrogen and oxygen atoms in total. The molecule has 0 amide bonds. The largest absolute Gasteiger partial charge is 0.508 e. The van der Waals surface area contributed by atoms with Crippen LogP contribution in [0.5, 0.6) is 17.2 Å². The van der Waals surface area contributed by atoms with E-state index in [4.69, 9.17) is 4.74 Å². The monoisotopic (exact) mass is 472 g/mol. The van der Waals surface area contributed by atoms with Crippen molar-refractivity contribution in [3.05, 3.63) is 59.2 Å². The van der Waals surface area contributed by atoms with Gasteiger partial charge in [-0.15, -0.1) is 0 Å². The minimum atomic E-state index is -3.28. The van der Waals surface area contributed by atoms with Gasteiger partial charge in [0, 0.05) is 29.4 Å². The lowest BCUT2D eigenvalue weighted by atomic mass is 9.82. The van der Waals surface area contributed by atoms with Crippen molar-refractivity contribution in [2.75, 3.05) is 6.26 Å². The van der Waals surface area contributed by atoms with Crippen molar-refractivity contribution >= 4 is 9.84 Å². The van der Waals surface area contributed by atoms with Gasteiger partial charge in [-0.1, -0.05) is 37.8 Å². The highest BCUT2D eigenvalue weighted by Crippen LogP contribution is 2.49. The molecule has 3 unspecified atom stereocenters. The lowest BCUT2D eigenvalue weighted by Crippen LogP contribution is -2.23. The van der Waals surface area contributed by atoms with E-state index in [1.165, 1.54) is 17.9 Å². The molecule has 1 aliphatic rings. The third-order valence-corrected chi connectivity index (χ3v) is 8.04. The molecule has 1 aliphatic carbocycles. The second-order valence-corrected chi connectivity index (χ2v) is 11.2. The van der Waals surface area contributed by atoms with Crippen LogP contribution in [0.2, 0.25) is 0 Å². The fourth-order valence-electron chi connectivity index (χ4n) is 4.87. The zero-order valence-electron chi connectivity index (χ0n) is 20.0. The highest BCUT2D eigenvalue weighted by Gasteiger charge is 2.40. The molecular formula is C27H36O5S. The number of phenolic OH excluding ortho intramolecular Hbond substituents is 2. The highest BCUT2D eigenvalue weighted by molar-refractivity contribution is 7.90. The lowest BCUT2D eigenvalue weighted by molar-refractivity contribution is 0.102. The third-order valence-electron chi connectivity index (χ3n) is 6.91. The maximum absolute atomic E-state index is 11.8. The smallest absolute Gasteiger partial charge is 0.175 e. The second kappa shape index (κ2) is 10.6. The molecule has 2 aromatic rings. The summed E-state index contributed by atoms with van der Waals surface area (Å²) in [5.74, 6) is 1.27. The first kappa shape index (κ1) is 25.2. The molecular weight excluding hydrogens is 436 g/mol. The zero-order chi connectivity index (χ0) is 24.2. The molecule has 0 saturated carbocycles. The third kappa shape index (κ3) is 6.11. The normalized spacial score (nSPS) is 19.3. The second-order valence-electron chi connectivity index (χ2n) is 9.23. The van der Waals surface area contributed by atoms with E-state index in [2.05, 4.69) is 26.8 Å². The summed E-state index contributed by atoms with van der Waals surface area (Å²) in [5, 5.41) is 20.6. The van der Waals surface area contributed by atoms with Crippen LogP contribution in [0.15, 0.2) is 52.9 Å². The molecule has 0 fully saturated rings. The van der Waals surface area contributed by atoms with Crippen molar-refractivity contribution < 1.29 is 23.4 Å².